The quantitative estimate of drug-likeness (QED) is 0.407. The minimum Gasteiger partial charge on any atom is -0.404 e. The molecule has 1 atom stereocenters. The molecule has 0 aliphatic carbocycles. The molecule has 1 heterocycles. The van der Waals surface area contributed by atoms with E-state index in [9.17, 15) is 21.6 Å². The summed E-state index contributed by atoms with van der Waals surface area (Å²) in [7, 11) is -4.17. The van der Waals surface area contributed by atoms with Gasteiger partial charge in [0.25, 0.3) is 0 Å². The Morgan fingerprint density at radius 1 is 0.794 bits per heavy atom. The van der Waals surface area contributed by atoms with Crippen molar-refractivity contribution in [1.29, 1.82) is 0 Å². The Labute approximate surface area is 204 Å². The predicted octanol–water partition coefficient (Wildman–Crippen LogP) is 5.44. The van der Waals surface area contributed by atoms with Crippen LogP contribution in [0.3, 0.4) is 0 Å². The molecule has 0 unspecified atom stereocenters. The third-order valence-corrected chi connectivity index (χ3v) is 8.10. The highest BCUT2D eigenvalue weighted by atomic mass is 79.9. The van der Waals surface area contributed by atoms with Crippen LogP contribution in [0.15, 0.2) is 88.2 Å². The number of nitrogens with zero attached hydrogens (tertiary/aromatic N) is 2. The molecule has 0 aromatic heterocycles. The number of para-hydroxylation sites is 1. The molecule has 0 amide bonds. The Hall–Kier alpha value is -2.40. The van der Waals surface area contributed by atoms with E-state index in [2.05, 4.69) is 25.6 Å². The van der Waals surface area contributed by atoms with E-state index in [1.807, 2.05) is 54.6 Å². The molecule has 34 heavy (non-hydrogen) atoms. The third-order valence-electron chi connectivity index (χ3n) is 5.63. The second-order valence-electron chi connectivity index (χ2n) is 7.80. The highest BCUT2D eigenvalue weighted by molar-refractivity contribution is 9.10. The van der Waals surface area contributed by atoms with E-state index in [4.69, 9.17) is 0 Å². The molecule has 4 rings (SSSR count). The van der Waals surface area contributed by atoms with Crippen molar-refractivity contribution in [2.75, 3.05) is 26.2 Å². The smallest absolute Gasteiger partial charge is 0.404 e. The fourth-order valence-corrected chi connectivity index (χ4v) is 5.91. The van der Waals surface area contributed by atoms with Gasteiger partial charge < -0.3 is 4.74 Å². The second kappa shape index (κ2) is 10.1. The molecule has 1 fully saturated rings. The van der Waals surface area contributed by atoms with Gasteiger partial charge in [-0.2, -0.15) is 4.31 Å². The summed E-state index contributed by atoms with van der Waals surface area (Å²) in [4.78, 5) is 1.69. The molecule has 10 heteroatoms. The summed E-state index contributed by atoms with van der Waals surface area (Å²) in [6.45, 7) is 1.11. The summed E-state index contributed by atoms with van der Waals surface area (Å²) < 4.78 is 70.9. The fourth-order valence-electron chi connectivity index (χ4n) is 4.11. The van der Waals surface area contributed by atoms with E-state index in [1.165, 1.54) is 16.4 Å². The van der Waals surface area contributed by atoms with Gasteiger partial charge in [0.15, 0.2) is 0 Å². The lowest BCUT2D eigenvalue weighted by molar-refractivity contribution is -0.275. The molecule has 3 aromatic rings. The maximum absolute atomic E-state index is 13.2. The molecule has 0 spiro atoms. The van der Waals surface area contributed by atoms with Crippen molar-refractivity contribution in [1.82, 2.24) is 9.21 Å². The molecule has 0 saturated carbocycles. The van der Waals surface area contributed by atoms with E-state index in [0.29, 0.717) is 13.1 Å². The molecule has 5 nitrogen and oxygen atoms in total. The fraction of sp³-hybridized carbons (Fsp3) is 0.250. The van der Waals surface area contributed by atoms with Crippen molar-refractivity contribution in [2.45, 2.75) is 17.3 Å². The number of sulfonamides is 1. The summed E-state index contributed by atoms with van der Waals surface area (Å²) in [5.74, 6) is -0.727. The van der Waals surface area contributed by atoms with Gasteiger partial charge in [-0.3, -0.25) is 4.90 Å². The summed E-state index contributed by atoms with van der Waals surface area (Å²) >= 11 is 3.46. The normalized spacial score (nSPS) is 16.8. The van der Waals surface area contributed by atoms with Crippen LogP contribution in [0.25, 0.3) is 0 Å². The van der Waals surface area contributed by atoms with Crippen LogP contribution in [0, 0.1) is 0 Å². The lowest BCUT2D eigenvalue weighted by atomic mass is 9.96. The number of ether oxygens (including phenoxy) is 1. The van der Waals surface area contributed by atoms with Gasteiger partial charge in [-0.05, 0) is 35.4 Å². The van der Waals surface area contributed by atoms with Crippen molar-refractivity contribution in [3.05, 3.63) is 94.5 Å². The van der Waals surface area contributed by atoms with Crippen LogP contribution < -0.4 is 4.74 Å². The number of benzene rings is 3. The lowest BCUT2D eigenvalue weighted by Crippen LogP contribution is -2.49. The van der Waals surface area contributed by atoms with Crippen LogP contribution in [0.2, 0.25) is 0 Å². The molecule has 1 aliphatic heterocycles. The number of rotatable bonds is 6. The first kappa shape index (κ1) is 24.7. The predicted molar refractivity (Wildman–Crippen MR) is 126 cm³/mol. The van der Waals surface area contributed by atoms with Crippen LogP contribution in [0.4, 0.5) is 13.2 Å². The Kier molecular flexibility index (Phi) is 7.32. The molecular formula is C24H22BrF3N2O3S. The first-order valence-electron chi connectivity index (χ1n) is 10.5. The molecule has 1 aliphatic rings. The molecule has 180 valence electrons. The summed E-state index contributed by atoms with van der Waals surface area (Å²) in [6, 6.07) is 22.6. The monoisotopic (exact) mass is 554 g/mol. The highest BCUT2D eigenvalue weighted by Gasteiger charge is 2.37. The van der Waals surface area contributed by atoms with Crippen molar-refractivity contribution in [3.63, 3.8) is 0 Å². The van der Waals surface area contributed by atoms with E-state index < -0.39 is 27.0 Å². The van der Waals surface area contributed by atoms with Gasteiger partial charge in [0.05, 0.1) is 6.04 Å². The van der Waals surface area contributed by atoms with Crippen molar-refractivity contribution in [2.24, 2.45) is 0 Å². The molecule has 1 saturated heterocycles. The molecule has 3 aromatic carbocycles. The van der Waals surface area contributed by atoms with Crippen LogP contribution in [0.5, 0.6) is 5.75 Å². The van der Waals surface area contributed by atoms with Crippen LogP contribution in [0.1, 0.15) is 17.2 Å². The zero-order valence-electron chi connectivity index (χ0n) is 18.0. The van der Waals surface area contributed by atoms with E-state index in [0.717, 1.165) is 27.7 Å². The Bertz CT molecular complexity index is 1210. The number of alkyl halides is 3. The number of halogens is 4. The number of piperazine rings is 1. The van der Waals surface area contributed by atoms with Crippen molar-refractivity contribution >= 4 is 26.0 Å². The average Bonchev–Trinajstić information content (AvgIpc) is 2.81. The van der Waals surface area contributed by atoms with Crippen molar-refractivity contribution in [3.8, 4) is 5.75 Å². The zero-order chi connectivity index (χ0) is 24.3. The zero-order valence-corrected chi connectivity index (χ0v) is 20.4. The van der Waals surface area contributed by atoms with Gasteiger partial charge in [-0.25, -0.2) is 8.42 Å². The summed E-state index contributed by atoms with van der Waals surface area (Å²) in [5.41, 5.74) is 2.14. The average molecular weight is 555 g/mol. The number of hydrogen-bond acceptors (Lipinski definition) is 4. The van der Waals surface area contributed by atoms with Gasteiger partial charge in [0.2, 0.25) is 10.0 Å². The maximum atomic E-state index is 13.2. The molecular weight excluding hydrogens is 533 g/mol. The summed E-state index contributed by atoms with van der Waals surface area (Å²) in [5, 5.41) is 0. The molecule has 0 bridgehead atoms. The minimum absolute atomic E-state index is 0.0833. The molecule has 0 N–H and O–H groups in total. The van der Waals surface area contributed by atoms with Gasteiger partial charge in [-0.1, -0.05) is 70.5 Å². The topological polar surface area (TPSA) is 49.9 Å². The van der Waals surface area contributed by atoms with Gasteiger partial charge in [0, 0.05) is 30.7 Å². The second-order valence-corrected chi connectivity index (χ2v) is 10.6. The number of hydrogen-bond donors (Lipinski definition) is 0. The largest absolute Gasteiger partial charge is 0.573 e. The maximum Gasteiger partial charge on any atom is 0.573 e. The van der Waals surface area contributed by atoms with Crippen LogP contribution in [-0.4, -0.2) is 50.2 Å². The van der Waals surface area contributed by atoms with E-state index >= 15 is 0 Å². The molecule has 0 radical (unpaired) electrons. The summed E-state index contributed by atoms with van der Waals surface area (Å²) in [6.07, 6.45) is -4.99. The van der Waals surface area contributed by atoms with Gasteiger partial charge >= 0.3 is 6.36 Å². The SMILES string of the molecule is O=S(=O)(c1ccccc1OC(F)(F)F)N1CCN([C@H](c2ccccc2)c2ccc(Br)cc2)CC1. The van der Waals surface area contributed by atoms with E-state index in [1.54, 1.807) is 0 Å². The Balaban J connectivity index is 1.57. The highest BCUT2D eigenvalue weighted by Crippen LogP contribution is 2.34. The Morgan fingerprint density at radius 3 is 1.97 bits per heavy atom. The van der Waals surface area contributed by atoms with Gasteiger partial charge in [-0.15, -0.1) is 13.2 Å². The first-order valence-corrected chi connectivity index (χ1v) is 12.8. The minimum atomic E-state index is -4.99. The third kappa shape index (κ3) is 5.63. The van der Waals surface area contributed by atoms with Gasteiger partial charge in [0.1, 0.15) is 10.6 Å². The lowest BCUT2D eigenvalue weighted by Gasteiger charge is -2.39. The van der Waals surface area contributed by atoms with Crippen LogP contribution in [-0.2, 0) is 10.0 Å². The van der Waals surface area contributed by atoms with E-state index in [-0.39, 0.29) is 19.1 Å². The first-order chi connectivity index (χ1) is 16.1. The van der Waals surface area contributed by atoms with Crippen molar-refractivity contribution < 1.29 is 26.3 Å². The Morgan fingerprint density at radius 2 is 1.35 bits per heavy atom. The van der Waals surface area contributed by atoms with Crippen LogP contribution >= 0.6 is 15.9 Å². The standard InChI is InChI=1S/C24H22BrF3N2O3S/c25-20-12-10-19(11-13-20)23(18-6-2-1-3-7-18)29-14-16-30(17-15-29)34(31,32)22-9-5-4-8-21(22)33-24(26,27)28/h1-13,23H,14-17H2/t23-/m1/s1.